The minimum absolute atomic E-state index is 0.416. The van der Waals surface area contributed by atoms with E-state index in [0.29, 0.717) is 12.0 Å². The van der Waals surface area contributed by atoms with Gasteiger partial charge in [0.2, 0.25) is 0 Å². The van der Waals surface area contributed by atoms with Gasteiger partial charge in [0.15, 0.2) is 5.13 Å². The van der Waals surface area contributed by atoms with Crippen LogP contribution in [-0.2, 0) is 0 Å². The van der Waals surface area contributed by atoms with Crippen LogP contribution in [0.3, 0.4) is 0 Å². The Morgan fingerprint density at radius 1 is 1.37 bits per heavy atom. The molecule has 19 heavy (non-hydrogen) atoms. The maximum atomic E-state index is 4.65. The Hall–Kier alpha value is -0.650. The summed E-state index contributed by atoms with van der Waals surface area (Å²) in [5.74, 6) is 0.571. The fraction of sp³-hybridized carbons (Fsp3) is 0.500. The summed E-state index contributed by atoms with van der Waals surface area (Å²) < 4.78 is 2.31. The lowest BCUT2D eigenvalue weighted by Gasteiger charge is -2.25. The lowest BCUT2D eigenvalue weighted by Crippen LogP contribution is -2.36. The van der Waals surface area contributed by atoms with Crippen LogP contribution in [0.5, 0.6) is 0 Å². The highest BCUT2D eigenvalue weighted by molar-refractivity contribution is 9.10. The van der Waals surface area contributed by atoms with Crippen molar-refractivity contribution in [3.8, 4) is 0 Å². The van der Waals surface area contributed by atoms with Crippen molar-refractivity contribution in [2.24, 2.45) is 5.92 Å². The molecule has 1 unspecified atom stereocenters. The van der Waals surface area contributed by atoms with Crippen LogP contribution >= 0.6 is 27.3 Å². The van der Waals surface area contributed by atoms with Crippen LogP contribution in [0.1, 0.15) is 13.8 Å². The summed E-state index contributed by atoms with van der Waals surface area (Å²) in [5, 5.41) is 4.58. The van der Waals surface area contributed by atoms with Gasteiger partial charge in [-0.25, -0.2) is 4.98 Å². The van der Waals surface area contributed by atoms with E-state index < -0.39 is 0 Å². The number of likely N-dealkylation sites (N-methyl/N-ethyl adjacent to an activating group) is 1. The Kier molecular flexibility index (Phi) is 4.81. The number of nitrogens with zero attached hydrogens (tertiary/aromatic N) is 2. The van der Waals surface area contributed by atoms with Crippen LogP contribution in [0, 0.1) is 5.92 Å². The third-order valence-electron chi connectivity index (χ3n) is 3.03. The van der Waals surface area contributed by atoms with Crippen molar-refractivity contribution >= 4 is 42.6 Å². The highest BCUT2D eigenvalue weighted by Crippen LogP contribution is 2.29. The standard InChI is InChI=1S/C14H20BrN3S/c1-9(2)12(8-18(3)4)17-14-16-11-6-5-10(15)7-13(11)19-14/h5-7,9,12H,8H2,1-4H3,(H,16,17). The van der Waals surface area contributed by atoms with E-state index in [0.717, 1.165) is 21.7 Å². The summed E-state index contributed by atoms with van der Waals surface area (Å²) in [6.45, 7) is 5.49. The Morgan fingerprint density at radius 2 is 2.11 bits per heavy atom. The van der Waals surface area contributed by atoms with E-state index in [1.165, 1.54) is 4.70 Å². The van der Waals surface area contributed by atoms with Crippen molar-refractivity contribution in [2.75, 3.05) is 26.0 Å². The molecule has 2 rings (SSSR count). The average molecular weight is 342 g/mol. The smallest absolute Gasteiger partial charge is 0.184 e. The van der Waals surface area contributed by atoms with Gasteiger partial charge < -0.3 is 10.2 Å². The number of thiazole rings is 1. The molecule has 1 aromatic heterocycles. The van der Waals surface area contributed by atoms with E-state index in [1.807, 2.05) is 6.07 Å². The van der Waals surface area contributed by atoms with Gasteiger partial charge in [-0.15, -0.1) is 0 Å². The first-order valence-electron chi connectivity index (χ1n) is 6.43. The number of hydrogen-bond donors (Lipinski definition) is 1. The van der Waals surface area contributed by atoms with Crippen molar-refractivity contribution in [1.82, 2.24) is 9.88 Å². The number of nitrogens with one attached hydrogen (secondary N) is 1. The van der Waals surface area contributed by atoms with Gasteiger partial charge >= 0.3 is 0 Å². The van der Waals surface area contributed by atoms with Crippen LogP contribution in [-0.4, -0.2) is 36.6 Å². The minimum Gasteiger partial charge on any atom is -0.357 e. The Labute approximate surface area is 127 Å². The predicted octanol–water partition coefficient (Wildman–Crippen LogP) is 4.06. The first-order valence-corrected chi connectivity index (χ1v) is 8.04. The molecule has 3 nitrogen and oxygen atoms in total. The molecule has 0 aliphatic rings. The highest BCUT2D eigenvalue weighted by atomic mass is 79.9. The third kappa shape index (κ3) is 3.91. The largest absolute Gasteiger partial charge is 0.357 e. The number of halogens is 1. The highest BCUT2D eigenvalue weighted by Gasteiger charge is 2.16. The van der Waals surface area contributed by atoms with Gasteiger partial charge in [-0.05, 0) is 38.2 Å². The lowest BCUT2D eigenvalue weighted by atomic mass is 10.0. The van der Waals surface area contributed by atoms with Gasteiger partial charge in [-0.1, -0.05) is 41.1 Å². The summed E-state index contributed by atoms with van der Waals surface area (Å²) in [5.41, 5.74) is 1.06. The second-order valence-corrected chi connectivity index (χ2v) is 7.33. The molecule has 0 amide bonds. The molecule has 1 N–H and O–H groups in total. The lowest BCUT2D eigenvalue weighted by molar-refractivity contribution is 0.344. The van der Waals surface area contributed by atoms with E-state index in [-0.39, 0.29) is 0 Å². The quantitative estimate of drug-likeness (QED) is 0.888. The summed E-state index contributed by atoms with van der Waals surface area (Å²) in [6.07, 6.45) is 0. The Morgan fingerprint density at radius 3 is 2.74 bits per heavy atom. The van der Waals surface area contributed by atoms with Crippen molar-refractivity contribution in [3.63, 3.8) is 0 Å². The number of hydrogen-bond acceptors (Lipinski definition) is 4. The van der Waals surface area contributed by atoms with Crippen LogP contribution in [0.4, 0.5) is 5.13 Å². The molecule has 1 atom stereocenters. The average Bonchev–Trinajstić information content (AvgIpc) is 2.68. The van der Waals surface area contributed by atoms with Gasteiger partial charge in [-0.2, -0.15) is 0 Å². The van der Waals surface area contributed by atoms with Gasteiger partial charge in [0.1, 0.15) is 0 Å². The van der Waals surface area contributed by atoms with E-state index in [1.54, 1.807) is 11.3 Å². The second kappa shape index (κ2) is 6.20. The van der Waals surface area contributed by atoms with Crippen molar-refractivity contribution in [2.45, 2.75) is 19.9 Å². The summed E-state index contributed by atoms with van der Waals surface area (Å²) in [7, 11) is 4.21. The molecule has 0 saturated heterocycles. The van der Waals surface area contributed by atoms with Gasteiger partial charge in [0.25, 0.3) is 0 Å². The summed E-state index contributed by atoms with van der Waals surface area (Å²) in [6, 6.07) is 6.62. The number of anilines is 1. The maximum Gasteiger partial charge on any atom is 0.184 e. The third-order valence-corrected chi connectivity index (χ3v) is 4.47. The normalized spacial score (nSPS) is 13.4. The topological polar surface area (TPSA) is 28.2 Å². The van der Waals surface area contributed by atoms with Crippen LogP contribution in [0.25, 0.3) is 10.2 Å². The molecular formula is C14H20BrN3S. The molecule has 1 aromatic carbocycles. The predicted molar refractivity (Wildman–Crippen MR) is 88.1 cm³/mol. The fourth-order valence-corrected chi connectivity index (χ4v) is 3.41. The van der Waals surface area contributed by atoms with Gasteiger partial charge in [0.05, 0.1) is 10.2 Å². The van der Waals surface area contributed by atoms with E-state index in [9.17, 15) is 0 Å². The minimum atomic E-state index is 0.416. The SMILES string of the molecule is CC(C)C(CN(C)C)Nc1nc2ccc(Br)cc2s1. The molecule has 0 spiro atoms. The molecule has 104 valence electrons. The zero-order chi connectivity index (χ0) is 14.0. The first-order chi connectivity index (χ1) is 8.95. The molecule has 0 radical (unpaired) electrons. The number of rotatable bonds is 5. The van der Waals surface area contributed by atoms with E-state index in [2.05, 4.69) is 71.2 Å². The molecule has 1 heterocycles. The molecule has 0 aliphatic heterocycles. The number of fused-ring (bicyclic) bond motifs is 1. The molecule has 0 saturated carbocycles. The molecule has 2 aromatic rings. The molecule has 0 aliphatic carbocycles. The number of aromatic nitrogens is 1. The molecule has 0 bridgehead atoms. The van der Waals surface area contributed by atoms with Crippen molar-refractivity contribution in [3.05, 3.63) is 22.7 Å². The first kappa shape index (κ1) is 14.8. The molecule has 5 heteroatoms. The van der Waals surface area contributed by atoms with Crippen molar-refractivity contribution < 1.29 is 0 Å². The van der Waals surface area contributed by atoms with Gasteiger partial charge in [0, 0.05) is 17.1 Å². The van der Waals surface area contributed by atoms with E-state index in [4.69, 9.17) is 0 Å². The zero-order valence-electron chi connectivity index (χ0n) is 11.8. The van der Waals surface area contributed by atoms with Crippen LogP contribution < -0.4 is 5.32 Å². The monoisotopic (exact) mass is 341 g/mol. The Balaban J connectivity index is 2.19. The maximum absolute atomic E-state index is 4.65. The summed E-state index contributed by atoms with van der Waals surface area (Å²) >= 11 is 5.21. The molecular weight excluding hydrogens is 322 g/mol. The zero-order valence-corrected chi connectivity index (χ0v) is 14.2. The van der Waals surface area contributed by atoms with E-state index >= 15 is 0 Å². The number of benzene rings is 1. The van der Waals surface area contributed by atoms with Crippen LogP contribution in [0.2, 0.25) is 0 Å². The second-order valence-electron chi connectivity index (χ2n) is 5.39. The Bertz CT molecular complexity index is 551. The molecule has 0 fully saturated rings. The van der Waals surface area contributed by atoms with Crippen LogP contribution in [0.15, 0.2) is 22.7 Å². The summed E-state index contributed by atoms with van der Waals surface area (Å²) in [4.78, 5) is 6.86. The fourth-order valence-electron chi connectivity index (χ4n) is 1.94. The van der Waals surface area contributed by atoms with Gasteiger partial charge in [-0.3, -0.25) is 0 Å². The van der Waals surface area contributed by atoms with Crippen molar-refractivity contribution in [1.29, 1.82) is 0 Å².